The van der Waals surface area contributed by atoms with Gasteiger partial charge in [-0.2, -0.15) is 0 Å². The number of nitrogens with zero attached hydrogens (tertiary/aromatic N) is 2. The molecule has 5 heteroatoms. The summed E-state index contributed by atoms with van der Waals surface area (Å²) in [6, 6.07) is 44.6. The summed E-state index contributed by atoms with van der Waals surface area (Å²) < 4.78 is 6.42. The van der Waals surface area contributed by atoms with Crippen LogP contribution in [0.3, 0.4) is 0 Å². The van der Waals surface area contributed by atoms with Gasteiger partial charge in [0.1, 0.15) is 11.3 Å². The van der Waals surface area contributed by atoms with E-state index in [4.69, 9.17) is 9.40 Å². The maximum Gasteiger partial charge on any atom is 0.230 e. The number of fused-ring (bicyclic) bond motifs is 1. The minimum atomic E-state index is -0.0869. The number of rotatable bonds is 7. The molecule has 0 spiro atoms. The van der Waals surface area contributed by atoms with Crippen LogP contribution < -0.4 is 0 Å². The van der Waals surface area contributed by atoms with E-state index >= 15 is 0 Å². The average Bonchev–Trinajstić information content (AvgIpc) is 3.51. The first-order valence-corrected chi connectivity index (χ1v) is 15.6. The maximum absolute atomic E-state index is 11.7. The number of hydrogen-bond donors (Lipinski definition) is 1. The predicted octanol–water partition coefficient (Wildman–Crippen LogP) is 10.2. The van der Waals surface area contributed by atoms with E-state index in [9.17, 15) is 5.11 Å². The minimum absolute atomic E-state index is 0. The molecule has 47 heavy (non-hydrogen) atoms. The molecule has 0 fully saturated rings. The molecule has 1 N–H and O–H groups in total. The molecule has 4 nitrogen and oxygen atoms in total. The van der Waals surface area contributed by atoms with Crippen LogP contribution in [0.4, 0.5) is 0 Å². The first-order chi connectivity index (χ1) is 22.3. The monoisotopic (exact) mass is 794 g/mol. The summed E-state index contributed by atoms with van der Waals surface area (Å²) >= 11 is 0. The number of phenols is 1. The molecule has 0 amide bonds. The number of oxazole rings is 1. The van der Waals surface area contributed by atoms with Gasteiger partial charge in [0.2, 0.25) is 5.89 Å². The third kappa shape index (κ3) is 6.99. The summed E-state index contributed by atoms with van der Waals surface area (Å²) in [6.07, 6.45) is 3.13. The van der Waals surface area contributed by atoms with E-state index in [1.807, 2.05) is 66.9 Å². The third-order valence-electron chi connectivity index (χ3n) is 8.35. The van der Waals surface area contributed by atoms with E-state index < -0.39 is 0 Å². The molecule has 0 aliphatic heterocycles. The van der Waals surface area contributed by atoms with Gasteiger partial charge in [-0.1, -0.05) is 123 Å². The van der Waals surface area contributed by atoms with Crippen molar-refractivity contribution in [2.75, 3.05) is 0 Å². The predicted molar refractivity (Wildman–Crippen MR) is 186 cm³/mol. The van der Waals surface area contributed by atoms with Crippen molar-refractivity contribution in [3.8, 4) is 39.6 Å². The summed E-state index contributed by atoms with van der Waals surface area (Å²) in [4.78, 5) is 9.65. The van der Waals surface area contributed by atoms with Crippen molar-refractivity contribution in [1.29, 1.82) is 0 Å². The summed E-state index contributed by atoms with van der Waals surface area (Å²) in [5.74, 6) is 0.577. The number of pyridine rings is 1. The van der Waals surface area contributed by atoms with Gasteiger partial charge in [-0.3, -0.25) is 4.98 Å². The first-order valence-electron chi connectivity index (χ1n) is 15.6. The quantitative estimate of drug-likeness (QED) is 0.163. The number of aromatic nitrogens is 2. The van der Waals surface area contributed by atoms with Crippen LogP contribution in [0.1, 0.15) is 48.6 Å². The van der Waals surface area contributed by atoms with Gasteiger partial charge in [0, 0.05) is 39.4 Å². The molecule has 7 rings (SSSR count). The van der Waals surface area contributed by atoms with Crippen molar-refractivity contribution in [1.82, 2.24) is 9.97 Å². The molecule has 0 aliphatic rings. The molecule has 5 aromatic carbocycles. The van der Waals surface area contributed by atoms with Gasteiger partial charge in [0.05, 0.1) is 11.1 Å². The topological polar surface area (TPSA) is 59.2 Å². The Kier molecular flexibility index (Phi) is 9.25. The maximum atomic E-state index is 11.7. The van der Waals surface area contributed by atoms with Gasteiger partial charge in [0.25, 0.3) is 0 Å². The first kappa shape index (κ1) is 32.2. The van der Waals surface area contributed by atoms with Gasteiger partial charge in [-0.25, -0.2) is 4.98 Å². The van der Waals surface area contributed by atoms with Crippen LogP contribution in [0.5, 0.6) is 5.75 Å². The Morgan fingerprint density at radius 3 is 2.04 bits per heavy atom. The molecule has 236 valence electrons. The number of para-hydroxylation sites is 1. The Morgan fingerprint density at radius 2 is 1.36 bits per heavy atom. The molecular weight excluding hydrogens is 760 g/mol. The molecule has 2 heterocycles. The number of benzene rings is 5. The van der Waals surface area contributed by atoms with E-state index in [0.29, 0.717) is 23.5 Å². The van der Waals surface area contributed by atoms with E-state index in [0.717, 1.165) is 51.0 Å². The second-order valence-corrected chi connectivity index (χ2v) is 12.8. The second-order valence-electron chi connectivity index (χ2n) is 12.8. The van der Waals surface area contributed by atoms with E-state index in [-0.39, 0.29) is 32.2 Å². The number of phenolic OH excluding ortho intramolecular Hbond substituents is 1. The van der Waals surface area contributed by atoms with Gasteiger partial charge in [-0.05, 0) is 52.3 Å². The van der Waals surface area contributed by atoms with Crippen LogP contribution in [0.15, 0.2) is 132 Å². The summed E-state index contributed by atoms with van der Waals surface area (Å²) in [5.41, 5.74) is 10.9. The molecule has 0 unspecified atom stereocenters. The van der Waals surface area contributed by atoms with Gasteiger partial charge >= 0.3 is 0 Å². The van der Waals surface area contributed by atoms with E-state index in [2.05, 4.69) is 92.5 Å². The van der Waals surface area contributed by atoms with Crippen LogP contribution in [0.2, 0.25) is 0 Å². The molecule has 2 aromatic heterocycles. The van der Waals surface area contributed by atoms with Crippen LogP contribution >= 0.6 is 0 Å². The molecule has 0 saturated carbocycles. The Hall–Kier alpha value is -4.79. The van der Waals surface area contributed by atoms with Crippen molar-refractivity contribution in [2.24, 2.45) is 0 Å². The SMILES string of the molecule is CC(C)(C)c1cc(-c2ccccn2)[c-]c(-c2cccc3oc(-c4cc(Cc5ccccc5)cc(Cc5ccccc5)c4O)nc23)c1.[Pt]. The molecule has 0 radical (unpaired) electrons. The van der Waals surface area contributed by atoms with E-state index in [1.165, 1.54) is 11.1 Å². The average molecular weight is 795 g/mol. The largest absolute Gasteiger partial charge is 0.507 e. The molecule has 0 atom stereocenters. The number of hydrogen-bond acceptors (Lipinski definition) is 4. The standard InChI is InChI=1S/C42H35N2O2.Pt/c1-42(2,3)34-26-31(25-32(27-34)37-18-10-11-20-43-37)35-17-12-19-38-39(35)44-41(46-38)36-24-30(21-28-13-6-4-7-14-28)23-33(40(36)45)22-29-15-8-5-9-16-29;/h4-20,23-24,26-27,45H,21-22H2,1-3H3;/q-1;. The summed E-state index contributed by atoms with van der Waals surface area (Å²) in [5, 5.41) is 11.7. The molecule has 0 aliphatic carbocycles. The second kappa shape index (κ2) is 13.5. The smallest absolute Gasteiger partial charge is 0.230 e. The van der Waals surface area contributed by atoms with Gasteiger partial charge in [0.15, 0.2) is 0 Å². The van der Waals surface area contributed by atoms with Crippen molar-refractivity contribution >= 4 is 11.1 Å². The van der Waals surface area contributed by atoms with Crippen molar-refractivity contribution < 1.29 is 30.6 Å². The van der Waals surface area contributed by atoms with Crippen molar-refractivity contribution in [3.63, 3.8) is 0 Å². The fourth-order valence-corrected chi connectivity index (χ4v) is 5.90. The normalized spacial score (nSPS) is 11.4. The van der Waals surface area contributed by atoms with Crippen molar-refractivity contribution in [2.45, 2.75) is 39.0 Å². The number of aromatic hydroxyl groups is 1. The molecule has 0 saturated heterocycles. The Bertz CT molecular complexity index is 2130. The Labute approximate surface area is 290 Å². The summed E-state index contributed by atoms with van der Waals surface area (Å²) in [6.45, 7) is 6.63. The molecule has 0 bridgehead atoms. The third-order valence-corrected chi connectivity index (χ3v) is 8.35. The van der Waals surface area contributed by atoms with Crippen LogP contribution in [0, 0.1) is 6.07 Å². The van der Waals surface area contributed by atoms with E-state index in [1.54, 1.807) is 0 Å². The fraction of sp³-hybridized carbons (Fsp3) is 0.143. The zero-order chi connectivity index (χ0) is 31.7. The zero-order valence-electron chi connectivity index (χ0n) is 26.6. The Balaban J connectivity index is 0.00000386. The molecular formula is C42H35N2O2Pt-. The van der Waals surface area contributed by atoms with Crippen molar-refractivity contribution in [3.05, 3.63) is 161 Å². The van der Waals surface area contributed by atoms with Crippen LogP contribution in [-0.2, 0) is 39.3 Å². The van der Waals surface area contributed by atoms with Gasteiger partial charge < -0.3 is 9.52 Å². The Morgan fingerprint density at radius 1 is 0.681 bits per heavy atom. The van der Waals surface area contributed by atoms with Gasteiger partial charge in [-0.15, -0.1) is 29.3 Å². The fourth-order valence-electron chi connectivity index (χ4n) is 5.90. The zero-order valence-corrected chi connectivity index (χ0v) is 28.9. The minimum Gasteiger partial charge on any atom is -0.507 e. The van der Waals surface area contributed by atoms with Crippen LogP contribution in [0.25, 0.3) is 44.9 Å². The molecule has 7 aromatic rings. The van der Waals surface area contributed by atoms with Crippen LogP contribution in [-0.4, -0.2) is 15.1 Å². The summed E-state index contributed by atoms with van der Waals surface area (Å²) in [7, 11) is 0.